The van der Waals surface area contributed by atoms with Crippen molar-refractivity contribution in [3.63, 3.8) is 0 Å². The van der Waals surface area contributed by atoms with Crippen molar-refractivity contribution < 1.29 is 18.0 Å². The highest BCUT2D eigenvalue weighted by molar-refractivity contribution is 5.84. The average molecular weight is 486 g/mol. The SMILES string of the molecule is Cc1ccc(C)c(CCNC2CC3CCCC3(C(=O)N3CCc4ncc(C(F)(F)F)cc4C3)C2)c1. The number of hydrogen-bond donors (Lipinski definition) is 1. The van der Waals surface area contributed by atoms with E-state index < -0.39 is 11.7 Å². The van der Waals surface area contributed by atoms with Crippen molar-refractivity contribution in [3.8, 4) is 0 Å². The second-order valence-electron chi connectivity index (χ2n) is 10.8. The third-order valence-electron chi connectivity index (χ3n) is 8.55. The van der Waals surface area contributed by atoms with Crippen LogP contribution in [0, 0.1) is 25.2 Å². The lowest BCUT2D eigenvalue weighted by Crippen LogP contribution is -2.47. The van der Waals surface area contributed by atoms with Crippen LogP contribution in [0.4, 0.5) is 13.2 Å². The molecule has 35 heavy (non-hydrogen) atoms. The number of pyridine rings is 1. The Morgan fingerprint density at radius 3 is 2.89 bits per heavy atom. The molecule has 2 heterocycles. The number of halogens is 3. The van der Waals surface area contributed by atoms with Gasteiger partial charge in [-0.2, -0.15) is 13.2 Å². The third-order valence-corrected chi connectivity index (χ3v) is 8.55. The van der Waals surface area contributed by atoms with Crippen LogP contribution in [-0.4, -0.2) is 34.9 Å². The van der Waals surface area contributed by atoms with Crippen molar-refractivity contribution in [3.05, 3.63) is 64.0 Å². The van der Waals surface area contributed by atoms with E-state index in [4.69, 9.17) is 0 Å². The van der Waals surface area contributed by atoms with Crippen LogP contribution < -0.4 is 5.32 Å². The summed E-state index contributed by atoms with van der Waals surface area (Å²) in [6, 6.07) is 8.04. The van der Waals surface area contributed by atoms with Gasteiger partial charge < -0.3 is 10.2 Å². The van der Waals surface area contributed by atoms with Crippen LogP contribution in [0.2, 0.25) is 0 Å². The number of aromatic nitrogens is 1. The number of hydrogen-bond acceptors (Lipinski definition) is 3. The van der Waals surface area contributed by atoms with E-state index >= 15 is 0 Å². The van der Waals surface area contributed by atoms with E-state index in [1.54, 1.807) is 4.90 Å². The number of fused-ring (bicyclic) bond motifs is 2. The molecule has 3 unspecified atom stereocenters. The van der Waals surface area contributed by atoms with E-state index in [0.29, 0.717) is 36.2 Å². The van der Waals surface area contributed by atoms with Crippen LogP contribution in [0.15, 0.2) is 30.5 Å². The summed E-state index contributed by atoms with van der Waals surface area (Å²) in [5.74, 6) is 0.496. The van der Waals surface area contributed by atoms with E-state index in [9.17, 15) is 18.0 Å². The van der Waals surface area contributed by atoms with Crippen molar-refractivity contribution >= 4 is 5.91 Å². The number of amides is 1. The van der Waals surface area contributed by atoms with Crippen molar-refractivity contribution in [1.29, 1.82) is 0 Å². The van der Waals surface area contributed by atoms with Crippen molar-refractivity contribution in [2.24, 2.45) is 11.3 Å². The molecule has 7 heteroatoms. The van der Waals surface area contributed by atoms with Gasteiger partial charge in [0.15, 0.2) is 0 Å². The number of benzene rings is 1. The Balaban J connectivity index is 1.25. The third kappa shape index (κ3) is 4.72. The smallest absolute Gasteiger partial charge is 0.337 e. The first-order valence-corrected chi connectivity index (χ1v) is 12.8. The molecule has 0 spiro atoms. The van der Waals surface area contributed by atoms with E-state index in [1.807, 2.05) is 0 Å². The summed E-state index contributed by atoms with van der Waals surface area (Å²) >= 11 is 0. The highest BCUT2D eigenvalue weighted by Crippen LogP contribution is 2.55. The lowest BCUT2D eigenvalue weighted by Gasteiger charge is -2.37. The molecule has 0 radical (unpaired) electrons. The number of nitrogens with one attached hydrogen (secondary N) is 1. The summed E-state index contributed by atoms with van der Waals surface area (Å²) in [7, 11) is 0. The molecule has 1 aromatic carbocycles. The van der Waals surface area contributed by atoms with Crippen molar-refractivity contribution in [2.45, 2.75) is 77.6 Å². The van der Waals surface area contributed by atoms with Gasteiger partial charge in [-0.3, -0.25) is 9.78 Å². The van der Waals surface area contributed by atoms with Gasteiger partial charge in [0.2, 0.25) is 5.91 Å². The van der Waals surface area contributed by atoms with Crippen molar-refractivity contribution in [1.82, 2.24) is 15.2 Å². The first-order valence-electron chi connectivity index (χ1n) is 12.8. The van der Waals surface area contributed by atoms with Crippen LogP contribution in [0.25, 0.3) is 0 Å². The van der Waals surface area contributed by atoms with Crippen LogP contribution in [0.3, 0.4) is 0 Å². The molecule has 2 aromatic rings. The molecule has 2 aliphatic carbocycles. The molecule has 3 aliphatic rings. The van der Waals surface area contributed by atoms with Gasteiger partial charge in [-0.05, 0) is 81.2 Å². The van der Waals surface area contributed by atoms with Gasteiger partial charge in [-0.1, -0.05) is 30.2 Å². The molecular weight excluding hydrogens is 451 g/mol. The zero-order valence-electron chi connectivity index (χ0n) is 20.5. The van der Waals surface area contributed by atoms with E-state index in [-0.39, 0.29) is 17.9 Å². The fraction of sp³-hybridized carbons (Fsp3) is 0.571. The van der Waals surface area contributed by atoms with Crippen LogP contribution in [0.5, 0.6) is 0 Å². The van der Waals surface area contributed by atoms with Gasteiger partial charge in [-0.15, -0.1) is 0 Å². The number of nitrogens with zero attached hydrogens (tertiary/aromatic N) is 2. The van der Waals surface area contributed by atoms with E-state index in [2.05, 4.69) is 42.3 Å². The Bertz CT molecular complexity index is 1120. The van der Waals surface area contributed by atoms with E-state index in [1.165, 1.54) is 22.8 Å². The van der Waals surface area contributed by atoms with Crippen LogP contribution in [-0.2, 0) is 30.4 Å². The first-order chi connectivity index (χ1) is 16.7. The molecule has 1 amide bonds. The molecule has 3 atom stereocenters. The van der Waals surface area contributed by atoms with E-state index in [0.717, 1.165) is 51.3 Å². The molecule has 2 saturated carbocycles. The Morgan fingerprint density at radius 2 is 2.09 bits per heavy atom. The maximum absolute atomic E-state index is 13.9. The largest absolute Gasteiger partial charge is 0.417 e. The average Bonchev–Trinajstić information content (AvgIpc) is 3.37. The summed E-state index contributed by atoms with van der Waals surface area (Å²) < 4.78 is 39.6. The summed E-state index contributed by atoms with van der Waals surface area (Å²) in [5, 5.41) is 3.72. The van der Waals surface area contributed by atoms with Gasteiger partial charge in [0.25, 0.3) is 0 Å². The topological polar surface area (TPSA) is 45.2 Å². The molecule has 1 aromatic heterocycles. The van der Waals surface area contributed by atoms with Crippen LogP contribution >= 0.6 is 0 Å². The molecule has 188 valence electrons. The fourth-order valence-corrected chi connectivity index (χ4v) is 6.70. The molecule has 1 aliphatic heterocycles. The van der Waals surface area contributed by atoms with Crippen LogP contribution in [0.1, 0.15) is 65.6 Å². The zero-order chi connectivity index (χ0) is 24.8. The predicted octanol–water partition coefficient (Wildman–Crippen LogP) is 5.38. The maximum atomic E-state index is 13.9. The number of aryl methyl sites for hydroxylation is 2. The highest BCUT2D eigenvalue weighted by atomic mass is 19.4. The summed E-state index contributed by atoms with van der Waals surface area (Å²) in [6.45, 7) is 5.90. The summed E-state index contributed by atoms with van der Waals surface area (Å²) in [6.07, 6.45) is 2.79. The molecule has 1 N–H and O–H groups in total. The molecule has 5 rings (SSSR count). The lowest BCUT2D eigenvalue weighted by molar-refractivity contribution is -0.144. The maximum Gasteiger partial charge on any atom is 0.417 e. The predicted molar refractivity (Wildman–Crippen MR) is 129 cm³/mol. The monoisotopic (exact) mass is 485 g/mol. The lowest BCUT2D eigenvalue weighted by atomic mass is 9.78. The van der Waals surface area contributed by atoms with Crippen molar-refractivity contribution in [2.75, 3.05) is 13.1 Å². The minimum Gasteiger partial charge on any atom is -0.337 e. The normalized spacial score (nSPS) is 26.0. The molecular formula is C28H34F3N3O. The second kappa shape index (κ2) is 9.23. The van der Waals surface area contributed by atoms with Gasteiger partial charge in [0.1, 0.15) is 0 Å². The summed E-state index contributed by atoms with van der Waals surface area (Å²) in [4.78, 5) is 19.7. The number of carbonyl (C=O) groups excluding carboxylic acids is 1. The van der Waals surface area contributed by atoms with Gasteiger partial charge in [0.05, 0.1) is 11.0 Å². The zero-order valence-corrected chi connectivity index (χ0v) is 20.5. The highest BCUT2D eigenvalue weighted by Gasteiger charge is 2.56. The first kappa shape index (κ1) is 24.3. The minimum absolute atomic E-state index is 0.141. The standard InChI is InChI=1S/C28H34F3N3O/c1-18-5-6-19(2)20(12-18)7-10-32-24-14-22-4-3-9-27(22,15-24)26(35)34-11-8-25-21(17-34)13-23(16-33-25)28(29,30)31/h5-6,12-13,16,22,24,32H,3-4,7-11,14-15,17H2,1-2H3. The molecule has 2 fully saturated rings. The van der Waals surface area contributed by atoms with Gasteiger partial charge in [-0.25, -0.2) is 0 Å². The number of carbonyl (C=O) groups is 1. The Morgan fingerprint density at radius 1 is 1.26 bits per heavy atom. The molecule has 4 nitrogen and oxygen atoms in total. The Hall–Kier alpha value is -2.41. The van der Waals surface area contributed by atoms with Gasteiger partial charge >= 0.3 is 6.18 Å². The second-order valence-corrected chi connectivity index (χ2v) is 10.8. The summed E-state index contributed by atoms with van der Waals surface area (Å²) in [5.41, 5.74) is 4.04. The Kier molecular flexibility index (Phi) is 6.41. The molecule has 0 bridgehead atoms. The number of rotatable bonds is 5. The minimum atomic E-state index is -4.43. The quantitative estimate of drug-likeness (QED) is 0.618. The fourth-order valence-electron chi connectivity index (χ4n) is 6.70. The van der Waals surface area contributed by atoms with Gasteiger partial charge in [0, 0.05) is 37.4 Å². The Labute approximate surface area is 205 Å². The number of alkyl halides is 3. The molecule has 0 saturated heterocycles.